The first kappa shape index (κ1) is 17.6. The first-order valence-electron chi connectivity index (χ1n) is 8.63. The van der Waals surface area contributed by atoms with Crippen LogP contribution in [0.2, 0.25) is 0 Å². The molecule has 1 aliphatic heterocycles. The second-order valence-electron chi connectivity index (χ2n) is 6.30. The summed E-state index contributed by atoms with van der Waals surface area (Å²) in [5.74, 6) is 0.778. The molecule has 3 heterocycles. The van der Waals surface area contributed by atoms with Gasteiger partial charge >= 0.3 is 0 Å². The van der Waals surface area contributed by atoms with Crippen LogP contribution in [-0.4, -0.2) is 29.1 Å². The van der Waals surface area contributed by atoms with E-state index in [2.05, 4.69) is 15.2 Å². The molecule has 1 aliphatic rings. The molecule has 1 N–H and O–H groups in total. The van der Waals surface area contributed by atoms with Gasteiger partial charge in [-0.2, -0.15) is 10.2 Å². The van der Waals surface area contributed by atoms with Gasteiger partial charge in [0.05, 0.1) is 17.7 Å². The van der Waals surface area contributed by atoms with Gasteiger partial charge in [-0.05, 0) is 53.9 Å². The maximum atomic E-state index is 11.2. The third-order valence-corrected chi connectivity index (χ3v) is 5.85. The van der Waals surface area contributed by atoms with E-state index in [1.54, 1.807) is 37.1 Å². The molecule has 5 nitrogen and oxygen atoms in total. The molecule has 6 heteroatoms. The number of aliphatic hydroxyl groups is 1. The van der Waals surface area contributed by atoms with Crippen molar-refractivity contribution in [1.29, 1.82) is 0 Å². The smallest absolute Gasteiger partial charge is 0.119 e. The number of nitrogens with zero attached hydrogens (tertiary/aromatic N) is 3. The van der Waals surface area contributed by atoms with Crippen LogP contribution in [0.15, 0.2) is 59.0 Å². The number of rotatable bonds is 5. The van der Waals surface area contributed by atoms with Crippen LogP contribution in [0.25, 0.3) is 10.4 Å². The Morgan fingerprint density at radius 2 is 1.93 bits per heavy atom. The minimum Gasteiger partial charge on any atom is -0.497 e. The molecule has 0 fully saturated rings. The van der Waals surface area contributed by atoms with Gasteiger partial charge in [0.15, 0.2) is 0 Å². The lowest BCUT2D eigenvalue weighted by atomic mass is 9.95. The average molecular weight is 377 g/mol. The van der Waals surface area contributed by atoms with Gasteiger partial charge in [-0.25, -0.2) is 0 Å². The lowest BCUT2D eigenvalue weighted by Crippen LogP contribution is -2.07. The van der Waals surface area contributed by atoms with Gasteiger partial charge in [-0.3, -0.25) is 4.98 Å². The molecule has 1 aromatic carbocycles. The van der Waals surface area contributed by atoms with E-state index in [9.17, 15) is 5.11 Å². The summed E-state index contributed by atoms with van der Waals surface area (Å²) in [5, 5.41) is 19.4. The molecule has 1 atom stereocenters. The third kappa shape index (κ3) is 3.41. The number of thiophene rings is 1. The second-order valence-corrected chi connectivity index (χ2v) is 7.36. The maximum absolute atomic E-state index is 11.2. The van der Waals surface area contributed by atoms with Crippen LogP contribution in [0.4, 0.5) is 0 Å². The molecule has 0 amide bonds. The number of benzene rings is 1. The van der Waals surface area contributed by atoms with Gasteiger partial charge in [-0.15, -0.1) is 11.3 Å². The zero-order chi connectivity index (χ0) is 18.8. The fourth-order valence-corrected chi connectivity index (χ4v) is 4.35. The number of aromatic nitrogens is 1. The molecule has 27 heavy (non-hydrogen) atoms. The third-order valence-electron chi connectivity index (χ3n) is 4.60. The number of pyridine rings is 1. The topological polar surface area (TPSA) is 67.1 Å². The van der Waals surface area contributed by atoms with Gasteiger partial charge in [0.25, 0.3) is 0 Å². The van der Waals surface area contributed by atoms with E-state index in [1.165, 1.54) is 0 Å². The Hall–Kier alpha value is -2.83. The SMILES string of the molecule is COc1ccc(C(O)c2cc(-c3ccncc3)sc2C2=NN=CC2)c(C)c1. The highest BCUT2D eigenvalue weighted by atomic mass is 32.1. The first-order chi connectivity index (χ1) is 13.2. The van der Waals surface area contributed by atoms with Crippen LogP contribution in [0, 0.1) is 6.92 Å². The minimum atomic E-state index is -0.749. The van der Waals surface area contributed by atoms with E-state index in [4.69, 9.17) is 4.74 Å². The van der Waals surface area contributed by atoms with E-state index < -0.39 is 6.10 Å². The molecular weight excluding hydrogens is 358 g/mol. The van der Waals surface area contributed by atoms with Gasteiger partial charge < -0.3 is 9.84 Å². The molecule has 4 rings (SSSR count). The molecular formula is C21H19N3O2S. The van der Waals surface area contributed by atoms with Crippen molar-refractivity contribution in [2.24, 2.45) is 10.2 Å². The first-order valence-corrected chi connectivity index (χ1v) is 9.44. The van der Waals surface area contributed by atoms with Crippen molar-refractivity contribution >= 4 is 23.3 Å². The minimum absolute atomic E-state index is 0.678. The molecule has 0 aliphatic carbocycles. The molecule has 0 spiro atoms. The Labute approximate surface area is 161 Å². The summed E-state index contributed by atoms with van der Waals surface area (Å²) >= 11 is 1.62. The number of ether oxygens (including phenoxy) is 1. The molecule has 136 valence electrons. The van der Waals surface area contributed by atoms with Gasteiger partial charge in [0.1, 0.15) is 11.9 Å². The predicted molar refractivity (Wildman–Crippen MR) is 109 cm³/mol. The highest BCUT2D eigenvalue weighted by Crippen LogP contribution is 2.39. The van der Waals surface area contributed by atoms with Crippen LogP contribution < -0.4 is 4.74 Å². The van der Waals surface area contributed by atoms with Gasteiger partial charge in [0, 0.05) is 35.5 Å². The Balaban J connectivity index is 1.80. The fraction of sp³-hybridized carbons (Fsp3) is 0.190. The number of methoxy groups -OCH3 is 1. The normalized spacial score (nSPS) is 14.3. The number of hydrogen-bond donors (Lipinski definition) is 1. The van der Waals surface area contributed by atoms with E-state index in [0.717, 1.165) is 43.5 Å². The summed E-state index contributed by atoms with van der Waals surface area (Å²) in [5.41, 5.74) is 4.65. The van der Waals surface area contributed by atoms with Crippen molar-refractivity contribution in [2.45, 2.75) is 19.4 Å². The molecule has 2 aromatic heterocycles. The molecule has 0 saturated carbocycles. The highest BCUT2D eigenvalue weighted by molar-refractivity contribution is 7.17. The van der Waals surface area contributed by atoms with E-state index in [-0.39, 0.29) is 0 Å². The van der Waals surface area contributed by atoms with Crippen LogP contribution in [0.5, 0.6) is 5.75 Å². The molecule has 0 saturated heterocycles. The van der Waals surface area contributed by atoms with Crippen LogP contribution >= 0.6 is 11.3 Å². The Bertz CT molecular complexity index is 1030. The largest absolute Gasteiger partial charge is 0.497 e. The summed E-state index contributed by atoms with van der Waals surface area (Å²) in [6.45, 7) is 1.98. The summed E-state index contributed by atoms with van der Waals surface area (Å²) in [6, 6.07) is 11.7. The lowest BCUT2D eigenvalue weighted by Gasteiger charge is -2.15. The quantitative estimate of drug-likeness (QED) is 0.717. The molecule has 0 radical (unpaired) electrons. The van der Waals surface area contributed by atoms with Crippen molar-refractivity contribution in [1.82, 2.24) is 4.98 Å². The van der Waals surface area contributed by atoms with Crippen molar-refractivity contribution in [3.8, 4) is 16.2 Å². The second kappa shape index (κ2) is 7.42. The average Bonchev–Trinajstić information content (AvgIpc) is 3.37. The van der Waals surface area contributed by atoms with Crippen molar-refractivity contribution < 1.29 is 9.84 Å². The number of aryl methyl sites for hydroxylation is 1. The van der Waals surface area contributed by atoms with E-state index in [0.29, 0.717) is 6.42 Å². The fourth-order valence-electron chi connectivity index (χ4n) is 3.16. The van der Waals surface area contributed by atoms with Crippen LogP contribution in [0.3, 0.4) is 0 Å². The Morgan fingerprint density at radius 3 is 2.59 bits per heavy atom. The van der Waals surface area contributed by atoms with Crippen molar-refractivity contribution in [3.05, 3.63) is 70.4 Å². The molecule has 0 bridgehead atoms. The Kier molecular flexibility index (Phi) is 4.83. The maximum Gasteiger partial charge on any atom is 0.119 e. The number of aliphatic hydroxyl groups excluding tert-OH is 1. The summed E-state index contributed by atoms with van der Waals surface area (Å²) in [6.07, 6.45) is 5.26. The standard InChI is InChI=1S/C21H19N3O2S/c1-13-11-15(26-2)3-4-16(13)20(25)17-12-19(14-5-8-22-9-6-14)27-21(17)18-7-10-23-24-18/h3-6,8-12,20,25H,7H2,1-2H3. The molecule has 3 aromatic rings. The van der Waals surface area contributed by atoms with Crippen molar-refractivity contribution in [2.75, 3.05) is 7.11 Å². The zero-order valence-electron chi connectivity index (χ0n) is 15.1. The summed E-state index contributed by atoms with van der Waals surface area (Å²) < 4.78 is 5.28. The van der Waals surface area contributed by atoms with Crippen LogP contribution in [0.1, 0.15) is 34.1 Å². The summed E-state index contributed by atoms with van der Waals surface area (Å²) in [4.78, 5) is 6.13. The molecule has 1 unspecified atom stereocenters. The van der Waals surface area contributed by atoms with Crippen molar-refractivity contribution in [3.63, 3.8) is 0 Å². The lowest BCUT2D eigenvalue weighted by molar-refractivity contribution is 0.220. The summed E-state index contributed by atoms with van der Waals surface area (Å²) in [7, 11) is 1.64. The van der Waals surface area contributed by atoms with E-state index >= 15 is 0 Å². The predicted octanol–water partition coefficient (Wildman–Crippen LogP) is 4.39. The van der Waals surface area contributed by atoms with E-state index in [1.807, 2.05) is 43.3 Å². The zero-order valence-corrected chi connectivity index (χ0v) is 15.9. The monoisotopic (exact) mass is 377 g/mol. The van der Waals surface area contributed by atoms with Crippen LogP contribution in [-0.2, 0) is 0 Å². The van der Waals surface area contributed by atoms with Gasteiger partial charge in [0.2, 0.25) is 0 Å². The number of hydrogen-bond acceptors (Lipinski definition) is 6. The van der Waals surface area contributed by atoms with Gasteiger partial charge in [-0.1, -0.05) is 6.07 Å². The Morgan fingerprint density at radius 1 is 1.11 bits per heavy atom. The highest BCUT2D eigenvalue weighted by Gasteiger charge is 2.24.